The van der Waals surface area contributed by atoms with E-state index < -0.39 is 5.82 Å². The molecule has 10 heteroatoms. The molecule has 0 saturated carbocycles. The minimum atomic E-state index is -0.490. The summed E-state index contributed by atoms with van der Waals surface area (Å²) in [7, 11) is 3.91. The van der Waals surface area contributed by atoms with Gasteiger partial charge in [-0.25, -0.2) is 23.7 Å². The summed E-state index contributed by atoms with van der Waals surface area (Å²) in [6.45, 7) is 0.672. The number of pyridine rings is 3. The Bertz CT molecular complexity index is 1740. The Morgan fingerprint density at radius 1 is 0.917 bits per heavy atom. The number of H-pyrrole nitrogens is 2. The maximum absolute atomic E-state index is 15.9. The highest BCUT2D eigenvalue weighted by Crippen LogP contribution is 2.34. The van der Waals surface area contributed by atoms with Crippen LogP contribution in [0.25, 0.3) is 56.0 Å². The predicted octanol–water partition coefficient (Wildman–Crippen LogP) is 4.97. The second kappa shape index (κ2) is 8.58. The van der Waals surface area contributed by atoms with Crippen molar-refractivity contribution in [3.8, 4) is 33.8 Å². The molecule has 178 valence electrons. The van der Waals surface area contributed by atoms with Gasteiger partial charge in [-0.3, -0.25) is 10.1 Å². The van der Waals surface area contributed by atoms with Gasteiger partial charge >= 0.3 is 0 Å². The van der Waals surface area contributed by atoms with Crippen LogP contribution in [-0.4, -0.2) is 54.1 Å². The fourth-order valence-corrected chi connectivity index (χ4v) is 4.33. The molecule has 0 bridgehead atoms. The highest BCUT2D eigenvalue weighted by atomic mass is 19.1. The molecule has 1 aromatic carbocycles. The maximum Gasteiger partial charge on any atom is 0.161 e. The molecule has 2 N–H and O–H groups in total. The SMILES string of the molecule is CN(C)Cc1cncc(-c2cnc3[nH]nc(-c4nc5c(-c6ccccc6F)ccnc5[nH]4)c3c2F)c1. The Labute approximate surface area is 204 Å². The molecule has 0 atom stereocenters. The number of hydrogen-bond donors (Lipinski definition) is 2. The fourth-order valence-electron chi connectivity index (χ4n) is 4.33. The van der Waals surface area contributed by atoms with Crippen molar-refractivity contribution in [3.05, 3.63) is 78.4 Å². The van der Waals surface area contributed by atoms with E-state index in [0.29, 0.717) is 45.8 Å². The molecule has 0 aliphatic rings. The van der Waals surface area contributed by atoms with E-state index in [4.69, 9.17) is 0 Å². The van der Waals surface area contributed by atoms with Crippen LogP contribution >= 0.6 is 0 Å². The average Bonchev–Trinajstić information content (AvgIpc) is 3.49. The number of halogens is 2. The number of nitrogens with one attached hydrogen (secondary N) is 2. The van der Waals surface area contributed by atoms with E-state index >= 15 is 4.39 Å². The van der Waals surface area contributed by atoms with Gasteiger partial charge in [0.05, 0.1) is 5.39 Å². The largest absolute Gasteiger partial charge is 0.321 e. The van der Waals surface area contributed by atoms with Gasteiger partial charge in [-0.05, 0) is 37.9 Å². The lowest BCUT2D eigenvalue weighted by molar-refractivity contribution is 0.402. The standard InChI is InChI=1S/C26H20F2N8/c1-36(2)13-14-9-15(11-29-10-14)18-12-31-24-20(21(18)28)23(34-35-24)26-32-22-17(7-8-30-25(22)33-26)16-5-3-4-6-19(16)27/h3-12H,13H2,1-2H3,(H,30,32,33)(H,31,34,35). The molecule has 8 nitrogen and oxygen atoms in total. The molecule has 5 aromatic heterocycles. The lowest BCUT2D eigenvalue weighted by atomic mass is 10.0. The van der Waals surface area contributed by atoms with Crippen molar-refractivity contribution in [3.63, 3.8) is 0 Å². The maximum atomic E-state index is 15.9. The van der Waals surface area contributed by atoms with Crippen LogP contribution in [0.1, 0.15) is 5.56 Å². The Morgan fingerprint density at radius 2 is 1.78 bits per heavy atom. The van der Waals surface area contributed by atoms with Gasteiger partial charge < -0.3 is 9.88 Å². The zero-order chi connectivity index (χ0) is 24.8. The summed E-state index contributed by atoms with van der Waals surface area (Å²) >= 11 is 0. The van der Waals surface area contributed by atoms with E-state index in [1.807, 2.05) is 25.1 Å². The molecule has 36 heavy (non-hydrogen) atoms. The van der Waals surface area contributed by atoms with Crippen molar-refractivity contribution < 1.29 is 8.78 Å². The van der Waals surface area contributed by atoms with Crippen molar-refractivity contribution in [2.45, 2.75) is 6.54 Å². The Balaban J connectivity index is 1.50. The third kappa shape index (κ3) is 3.68. The minimum Gasteiger partial charge on any atom is -0.321 e. The molecule has 0 aliphatic heterocycles. The van der Waals surface area contributed by atoms with Crippen molar-refractivity contribution in [1.29, 1.82) is 0 Å². The quantitative estimate of drug-likeness (QED) is 0.360. The zero-order valence-electron chi connectivity index (χ0n) is 19.4. The van der Waals surface area contributed by atoms with E-state index in [2.05, 4.69) is 35.1 Å². The van der Waals surface area contributed by atoms with Crippen molar-refractivity contribution in [2.24, 2.45) is 0 Å². The number of imidazole rings is 1. The monoisotopic (exact) mass is 482 g/mol. The number of aromatic amines is 2. The van der Waals surface area contributed by atoms with Crippen LogP contribution in [0, 0.1) is 11.6 Å². The van der Waals surface area contributed by atoms with Gasteiger partial charge in [-0.1, -0.05) is 18.2 Å². The first-order valence-corrected chi connectivity index (χ1v) is 11.2. The second-order valence-corrected chi connectivity index (χ2v) is 8.72. The molecular formula is C26H20F2N8. The van der Waals surface area contributed by atoms with Gasteiger partial charge in [0.1, 0.15) is 22.8 Å². The lowest BCUT2D eigenvalue weighted by Gasteiger charge is -2.11. The zero-order valence-corrected chi connectivity index (χ0v) is 19.4. The van der Waals surface area contributed by atoms with E-state index in [-0.39, 0.29) is 22.5 Å². The molecule has 0 amide bonds. The topological polar surface area (TPSA) is 99.3 Å². The Hall–Kier alpha value is -4.57. The van der Waals surface area contributed by atoms with Gasteiger partial charge in [0.15, 0.2) is 17.1 Å². The summed E-state index contributed by atoms with van der Waals surface area (Å²) in [6, 6.07) is 10.0. The number of aromatic nitrogens is 7. The molecule has 6 aromatic rings. The van der Waals surface area contributed by atoms with Gasteiger partial charge in [0, 0.05) is 53.6 Å². The number of fused-ring (bicyclic) bond motifs is 2. The third-order valence-corrected chi connectivity index (χ3v) is 5.90. The Kier molecular flexibility index (Phi) is 5.23. The Morgan fingerprint density at radius 3 is 2.61 bits per heavy atom. The second-order valence-electron chi connectivity index (χ2n) is 8.72. The predicted molar refractivity (Wildman–Crippen MR) is 133 cm³/mol. The third-order valence-electron chi connectivity index (χ3n) is 5.90. The summed E-state index contributed by atoms with van der Waals surface area (Å²) in [5.41, 5.74) is 4.28. The summed E-state index contributed by atoms with van der Waals surface area (Å²) in [4.78, 5) is 22.7. The van der Waals surface area contributed by atoms with Crippen molar-refractivity contribution in [1.82, 2.24) is 40.0 Å². The molecule has 0 unspecified atom stereocenters. The van der Waals surface area contributed by atoms with Crippen molar-refractivity contribution in [2.75, 3.05) is 14.1 Å². The number of rotatable bonds is 5. The van der Waals surface area contributed by atoms with Crippen LogP contribution in [0.5, 0.6) is 0 Å². The smallest absolute Gasteiger partial charge is 0.161 e. The summed E-state index contributed by atoms with van der Waals surface area (Å²) in [6.07, 6.45) is 6.40. The number of hydrogen-bond acceptors (Lipinski definition) is 6. The van der Waals surface area contributed by atoms with Gasteiger partial charge in [0.2, 0.25) is 0 Å². The van der Waals surface area contributed by atoms with Crippen LogP contribution in [0.15, 0.2) is 61.2 Å². The fraction of sp³-hybridized carbons (Fsp3) is 0.115. The number of nitrogens with zero attached hydrogens (tertiary/aromatic N) is 6. The highest BCUT2D eigenvalue weighted by Gasteiger charge is 2.22. The van der Waals surface area contributed by atoms with Crippen LogP contribution in [0.4, 0.5) is 8.78 Å². The number of benzene rings is 1. The highest BCUT2D eigenvalue weighted by molar-refractivity contribution is 5.96. The normalized spacial score (nSPS) is 11.7. The van der Waals surface area contributed by atoms with Crippen LogP contribution < -0.4 is 0 Å². The molecule has 0 radical (unpaired) electrons. The van der Waals surface area contributed by atoms with Gasteiger partial charge in [-0.15, -0.1) is 0 Å². The molecule has 0 aliphatic carbocycles. The van der Waals surface area contributed by atoms with E-state index in [1.54, 1.807) is 42.9 Å². The van der Waals surface area contributed by atoms with Crippen LogP contribution in [0.3, 0.4) is 0 Å². The van der Waals surface area contributed by atoms with Crippen LogP contribution in [-0.2, 0) is 6.54 Å². The summed E-state index contributed by atoms with van der Waals surface area (Å²) in [5.74, 6) is -0.565. The van der Waals surface area contributed by atoms with E-state index in [1.165, 1.54) is 12.3 Å². The van der Waals surface area contributed by atoms with Gasteiger partial charge in [-0.2, -0.15) is 5.10 Å². The molecule has 0 spiro atoms. The van der Waals surface area contributed by atoms with Crippen molar-refractivity contribution >= 4 is 22.2 Å². The van der Waals surface area contributed by atoms with E-state index in [9.17, 15) is 4.39 Å². The summed E-state index contributed by atoms with van der Waals surface area (Å²) < 4.78 is 30.4. The lowest BCUT2D eigenvalue weighted by Crippen LogP contribution is -2.10. The molecule has 0 saturated heterocycles. The van der Waals surface area contributed by atoms with Gasteiger partial charge in [0.25, 0.3) is 0 Å². The molecule has 5 heterocycles. The molecule has 0 fully saturated rings. The molecular weight excluding hydrogens is 462 g/mol. The first-order chi connectivity index (χ1) is 17.5. The summed E-state index contributed by atoms with van der Waals surface area (Å²) in [5, 5.41) is 7.26. The first kappa shape index (κ1) is 21.9. The first-order valence-electron chi connectivity index (χ1n) is 11.2. The van der Waals surface area contributed by atoms with Crippen LogP contribution in [0.2, 0.25) is 0 Å². The van der Waals surface area contributed by atoms with E-state index in [0.717, 1.165) is 5.56 Å². The average molecular weight is 482 g/mol. The minimum absolute atomic E-state index is 0.192. The molecule has 6 rings (SSSR count).